The Kier molecular flexibility index (Phi) is 9.21. The third-order valence-electron chi connectivity index (χ3n) is 3.27. The summed E-state index contributed by atoms with van der Waals surface area (Å²) in [6, 6.07) is -0.566. The number of carboxylic acid groups (broad SMARTS) is 2. The molecule has 0 amide bonds. The lowest BCUT2D eigenvalue weighted by molar-refractivity contribution is -0.147. The molecule has 0 aliphatic heterocycles. The zero-order valence-electron chi connectivity index (χ0n) is 12.3. The molecule has 0 heterocycles. The van der Waals surface area contributed by atoms with Crippen molar-refractivity contribution in [1.82, 2.24) is 4.90 Å². The molecule has 0 aromatic carbocycles. The predicted molar refractivity (Wildman–Crippen MR) is 74.2 cm³/mol. The second-order valence-electron chi connectivity index (χ2n) is 5.08. The number of nitrogens with zero attached hydrogens (tertiary/aromatic N) is 1. The van der Waals surface area contributed by atoms with Crippen LogP contribution in [0.1, 0.15) is 52.9 Å². The van der Waals surface area contributed by atoms with Crippen molar-refractivity contribution in [1.29, 1.82) is 0 Å². The van der Waals surface area contributed by atoms with Gasteiger partial charge in [0.05, 0.1) is 5.92 Å². The molecule has 2 unspecified atom stereocenters. The van der Waals surface area contributed by atoms with Crippen LogP contribution in [-0.2, 0) is 9.59 Å². The summed E-state index contributed by atoms with van der Waals surface area (Å²) in [6.45, 7) is 6.62. The fourth-order valence-electron chi connectivity index (χ4n) is 2.10. The molecular weight excluding hydrogens is 246 g/mol. The second kappa shape index (κ2) is 9.78. The highest BCUT2D eigenvalue weighted by atomic mass is 16.4. The van der Waals surface area contributed by atoms with Gasteiger partial charge in [0.1, 0.15) is 6.04 Å². The summed E-state index contributed by atoms with van der Waals surface area (Å²) < 4.78 is 0. The molecule has 0 saturated carbocycles. The normalized spacial score (nSPS) is 14.3. The third-order valence-corrected chi connectivity index (χ3v) is 3.27. The van der Waals surface area contributed by atoms with Crippen LogP contribution in [-0.4, -0.2) is 46.2 Å². The Balaban J connectivity index is 4.69. The van der Waals surface area contributed by atoms with E-state index in [0.29, 0.717) is 19.5 Å². The first-order chi connectivity index (χ1) is 8.93. The molecule has 5 nitrogen and oxygen atoms in total. The first-order valence-corrected chi connectivity index (χ1v) is 7.13. The summed E-state index contributed by atoms with van der Waals surface area (Å²) in [4.78, 5) is 24.1. The van der Waals surface area contributed by atoms with E-state index >= 15 is 0 Å². The monoisotopic (exact) mass is 273 g/mol. The number of hydrogen-bond acceptors (Lipinski definition) is 3. The Hall–Kier alpha value is -1.10. The Morgan fingerprint density at radius 2 is 1.68 bits per heavy atom. The molecule has 0 saturated heterocycles. The van der Waals surface area contributed by atoms with Crippen molar-refractivity contribution in [3.8, 4) is 0 Å². The summed E-state index contributed by atoms with van der Waals surface area (Å²) in [7, 11) is 0. The van der Waals surface area contributed by atoms with Crippen LogP contribution in [0.2, 0.25) is 0 Å². The summed E-state index contributed by atoms with van der Waals surface area (Å²) in [5.74, 6) is -2.27. The highest BCUT2D eigenvalue weighted by Crippen LogP contribution is 2.13. The van der Waals surface area contributed by atoms with Gasteiger partial charge in [0, 0.05) is 6.54 Å². The molecule has 0 aromatic rings. The van der Waals surface area contributed by atoms with Gasteiger partial charge in [-0.25, -0.2) is 0 Å². The van der Waals surface area contributed by atoms with Crippen LogP contribution in [0.15, 0.2) is 0 Å². The molecule has 19 heavy (non-hydrogen) atoms. The largest absolute Gasteiger partial charge is 0.481 e. The van der Waals surface area contributed by atoms with E-state index in [9.17, 15) is 14.7 Å². The van der Waals surface area contributed by atoms with Crippen molar-refractivity contribution < 1.29 is 19.8 Å². The Labute approximate surface area is 115 Å². The van der Waals surface area contributed by atoms with Gasteiger partial charge in [-0.1, -0.05) is 40.0 Å². The molecule has 0 aromatic heterocycles. The molecule has 0 aliphatic carbocycles. The van der Waals surface area contributed by atoms with Gasteiger partial charge in [-0.15, -0.1) is 0 Å². The first-order valence-electron chi connectivity index (χ1n) is 7.13. The standard InChI is InChI=1S/C14H27NO4/c1-4-6-7-9-15(10-11(3)13(16)17)12(8-5-2)14(18)19/h11-12H,4-10H2,1-3H3,(H,16,17)(H,18,19). The first kappa shape index (κ1) is 17.9. The zero-order chi connectivity index (χ0) is 14.8. The fourth-order valence-corrected chi connectivity index (χ4v) is 2.10. The molecule has 0 aliphatic rings. The SMILES string of the molecule is CCCCCN(CC(C)C(=O)O)C(CCC)C(=O)O. The second-order valence-corrected chi connectivity index (χ2v) is 5.08. The van der Waals surface area contributed by atoms with Crippen LogP contribution in [0.4, 0.5) is 0 Å². The smallest absolute Gasteiger partial charge is 0.320 e. The molecular formula is C14H27NO4. The van der Waals surface area contributed by atoms with Crippen molar-refractivity contribution in [3.63, 3.8) is 0 Å². The highest BCUT2D eigenvalue weighted by molar-refractivity contribution is 5.74. The molecule has 0 rings (SSSR count). The predicted octanol–water partition coefficient (Wildman–Crippen LogP) is 2.45. The minimum Gasteiger partial charge on any atom is -0.481 e. The van der Waals surface area contributed by atoms with Crippen molar-refractivity contribution in [2.75, 3.05) is 13.1 Å². The fraction of sp³-hybridized carbons (Fsp3) is 0.857. The molecule has 0 spiro atoms. The van der Waals surface area contributed by atoms with Gasteiger partial charge in [-0.3, -0.25) is 14.5 Å². The zero-order valence-corrected chi connectivity index (χ0v) is 12.3. The lowest BCUT2D eigenvalue weighted by atomic mass is 10.1. The van der Waals surface area contributed by atoms with Gasteiger partial charge in [0.15, 0.2) is 0 Å². The molecule has 0 bridgehead atoms. The molecule has 2 N–H and O–H groups in total. The molecule has 2 atom stereocenters. The summed E-state index contributed by atoms with van der Waals surface area (Å²) in [6.07, 6.45) is 4.36. The lowest BCUT2D eigenvalue weighted by Gasteiger charge is -2.30. The number of aliphatic carboxylic acids is 2. The molecule has 0 fully saturated rings. The lowest BCUT2D eigenvalue weighted by Crippen LogP contribution is -2.45. The van der Waals surface area contributed by atoms with Crippen molar-refractivity contribution in [2.45, 2.75) is 58.9 Å². The number of carbonyl (C=O) groups is 2. The third kappa shape index (κ3) is 7.15. The van der Waals surface area contributed by atoms with Crippen LogP contribution in [0, 0.1) is 5.92 Å². The Morgan fingerprint density at radius 1 is 1.05 bits per heavy atom. The van der Waals surface area contributed by atoms with E-state index < -0.39 is 23.9 Å². The Bertz CT molecular complexity index is 281. The van der Waals surface area contributed by atoms with E-state index in [1.165, 1.54) is 0 Å². The van der Waals surface area contributed by atoms with Crippen molar-refractivity contribution in [2.24, 2.45) is 5.92 Å². The maximum atomic E-state index is 11.3. The van der Waals surface area contributed by atoms with E-state index in [1.54, 1.807) is 6.92 Å². The average Bonchev–Trinajstić information content (AvgIpc) is 2.34. The van der Waals surface area contributed by atoms with Gasteiger partial charge in [-0.05, 0) is 19.4 Å². The summed E-state index contributed by atoms with van der Waals surface area (Å²) in [5.41, 5.74) is 0. The number of hydrogen-bond donors (Lipinski definition) is 2. The summed E-state index contributed by atoms with van der Waals surface area (Å²) >= 11 is 0. The quantitative estimate of drug-likeness (QED) is 0.565. The molecule has 5 heteroatoms. The van der Waals surface area contributed by atoms with E-state index in [1.807, 2.05) is 11.8 Å². The minimum atomic E-state index is -0.874. The summed E-state index contributed by atoms with van der Waals surface area (Å²) in [5, 5.41) is 18.3. The number of unbranched alkanes of at least 4 members (excludes halogenated alkanes) is 2. The topological polar surface area (TPSA) is 77.8 Å². The molecule has 112 valence electrons. The number of carboxylic acids is 2. The maximum Gasteiger partial charge on any atom is 0.320 e. The van der Waals surface area contributed by atoms with Crippen LogP contribution >= 0.6 is 0 Å². The Morgan fingerprint density at radius 3 is 2.11 bits per heavy atom. The highest BCUT2D eigenvalue weighted by Gasteiger charge is 2.27. The van der Waals surface area contributed by atoms with Crippen LogP contribution in [0.3, 0.4) is 0 Å². The van der Waals surface area contributed by atoms with Gasteiger partial charge in [0.2, 0.25) is 0 Å². The van der Waals surface area contributed by atoms with E-state index in [2.05, 4.69) is 6.92 Å². The van der Waals surface area contributed by atoms with Crippen molar-refractivity contribution in [3.05, 3.63) is 0 Å². The average molecular weight is 273 g/mol. The van der Waals surface area contributed by atoms with Gasteiger partial charge in [-0.2, -0.15) is 0 Å². The maximum absolute atomic E-state index is 11.3. The van der Waals surface area contributed by atoms with Crippen molar-refractivity contribution >= 4 is 11.9 Å². The van der Waals surface area contributed by atoms with Gasteiger partial charge < -0.3 is 10.2 Å². The minimum absolute atomic E-state index is 0.302. The van der Waals surface area contributed by atoms with Gasteiger partial charge in [0.25, 0.3) is 0 Å². The van der Waals surface area contributed by atoms with Crippen LogP contribution < -0.4 is 0 Å². The number of rotatable bonds is 11. The van der Waals surface area contributed by atoms with Gasteiger partial charge >= 0.3 is 11.9 Å². The van der Waals surface area contributed by atoms with E-state index in [-0.39, 0.29) is 0 Å². The van der Waals surface area contributed by atoms with E-state index in [0.717, 1.165) is 25.7 Å². The van der Waals surface area contributed by atoms with E-state index in [4.69, 9.17) is 5.11 Å². The van der Waals surface area contributed by atoms with Crippen LogP contribution in [0.25, 0.3) is 0 Å². The van der Waals surface area contributed by atoms with Crippen LogP contribution in [0.5, 0.6) is 0 Å². The molecule has 0 radical (unpaired) electrons.